The van der Waals surface area contributed by atoms with E-state index in [1.165, 1.54) is 0 Å². The van der Waals surface area contributed by atoms with E-state index in [4.69, 9.17) is 0 Å². The zero-order valence-electron chi connectivity index (χ0n) is 12.4. The number of hydrogen-bond donors (Lipinski definition) is 1. The molecule has 0 unspecified atom stereocenters. The number of carbonyl (C=O) groups is 1. The Morgan fingerprint density at radius 1 is 0.652 bits per heavy atom. The van der Waals surface area contributed by atoms with Gasteiger partial charge < -0.3 is 5.11 Å². The van der Waals surface area contributed by atoms with Gasteiger partial charge in [-0.1, -0.05) is 60.7 Å². The lowest BCUT2D eigenvalue weighted by Gasteiger charge is -2.10. The molecule has 4 aromatic carbocycles. The van der Waals surface area contributed by atoms with Gasteiger partial charge in [0.05, 0.1) is 5.56 Å². The van der Waals surface area contributed by atoms with Gasteiger partial charge in [0.2, 0.25) is 0 Å². The molecule has 0 aliphatic heterocycles. The van der Waals surface area contributed by atoms with Crippen LogP contribution in [0.25, 0.3) is 32.7 Å². The second-order valence-electron chi connectivity index (χ2n) is 5.61. The largest absolute Gasteiger partial charge is 0.478 e. The Morgan fingerprint density at radius 3 is 1.87 bits per heavy atom. The predicted molar refractivity (Wildman–Crippen MR) is 93.8 cm³/mol. The fourth-order valence-corrected chi connectivity index (χ4v) is 3.01. The second-order valence-corrected chi connectivity index (χ2v) is 5.61. The van der Waals surface area contributed by atoms with Crippen molar-refractivity contribution >= 4 is 27.5 Å². The first kappa shape index (κ1) is 13.5. The molecular weight excluding hydrogens is 284 g/mol. The third-order valence-electron chi connectivity index (χ3n) is 4.18. The summed E-state index contributed by atoms with van der Waals surface area (Å²) >= 11 is 0. The number of carboxylic acids is 1. The Hall–Kier alpha value is -3.13. The molecule has 0 spiro atoms. The summed E-state index contributed by atoms with van der Waals surface area (Å²) in [6, 6.07) is 25.7. The lowest BCUT2D eigenvalue weighted by Crippen LogP contribution is -1.99. The van der Waals surface area contributed by atoms with Gasteiger partial charge in [0.15, 0.2) is 0 Å². The van der Waals surface area contributed by atoms with Gasteiger partial charge in [-0.2, -0.15) is 0 Å². The normalized spacial score (nSPS) is 11.0. The van der Waals surface area contributed by atoms with E-state index in [0.717, 1.165) is 32.7 Å². The fraction of sp³-hybridized carbons (Fsp3) is 0. The minimum atomic E-state index is -0.904. The maximum Gasteiger partial charge on any atom is 0.336 e. The molecular formula is C21H14O2. The Bertz CT molecular complexity index is 1050. The smallest absolute Gasteiger partial charge is 0.336 e. The average Bonchev–Trinajstić information content (AvgIpc) is 2.60. The quantitative estimate of drug-likeness (QED) is 0.541. The Morgan fingerprint density at radius 2 is 1.22 bits per heavy atom. The number of benzene rings is 4. The third-order valence-corrected chi connectivity index (χ3v) is 4.18. The average molecular weight is 298 g/mol. The molecule has 0 heterocycles. The van der Waals surface area contributed by atoms with Crippen molar-refractivity contribution in [3.8, 4) is 11.1 Å². The molecule has 23 heavy (non-hydrogen) atoms. The highest BCUT2D eigenvalue weighted by Gasteiger charge is 2.13. The van der Waals surface area contributed by atoms with Crippen molar-refractivity contribution in [2.24, 2.45) is 0 Å². The minimum absolute atomic E-state index is 0.332. The van der Waals surface area contributed by atoms with Crippen molar-refractivity contribution in [3.05, 3.63) is 84.4 Å². The predicted octanol–water partition coefficient (Wildman–Crippen LogP) is 5.36. The summed E-state index contributed by atoms with van der Waals surface area (Å²) in [6.07, 6.45) is 0. The first-order chi connectivity index (χ1) is 11.2. The van der Waals surface area contributed by atoms with E-state index < -0.39 is 5.97 Å². The van der Waals surface area contributed by atoms with Crippen LogP contribution >= 0.6 is 0 Å². The van der Waals surface area contributed by atoms with Crippen LogP contribution in [0.3, 0.4) is 0 Å². The second kappa shape index (κ2) is 5.25. The molecule has 4 rings (SSSR count). The van der Waals surface area contributed by atoms with E-state index in [0.29, 0.717) is 5.56 Å². The number of hydrogen-bond acceptors (Lipinski definition) is 1. The van der Waals surface area contributed by atoms with Crippen LogP contribution in [-0.4, -0.2) is 11.1 Å². The summed E-state index contributed by atoms with van der Waals surface area (Å²) in [6.45, 7) is 0. The van der Waals surface area contributed by atoms with Crippen LogP contribution in [0.5, 0.6) is 0 Å². The number of carboxylic acid groups (broad SMARTS) is 1. The van der Waals surface area contributed by atoms with Crippen molar-refractivity contribution < 1.29 is 9.90 Å². The molecule has 0 aliphatic rings. The minimum Gasteiger partial charge on any atom is -0.478 e. The summed E-state index contributed by atoms with van der Waals surface area (Å²) < 4.78 is 0. The maximum absolute atomic E-state index is 11.7. The van der Waals surface area contributed by atoms with Gasteiger partial charge in [0, 0.05) is 0 Å². The molecule has 0 aliphatic carbocycles. The van der Waals surface area contributed by atoms with Crippen LogP contribution in [0, 0.1) is 0 Å². The zero-order valence-corrected chi connectivity index (χ0v) is 12.4. The third kappa shape index (κ3) is 2.34. The monoisotopic (exact) mass is 298 g/mol. The van der Waals surface area contributed by atoms with E-state index >= 15 is 0 Å². The van der Waals surface area contributed by atoms with E-state index in [9.17, 15) is 9.90 Å². The van der Waals surface area contributed by atoms with E-state index in [-0.39, 0.29) is 0 Å². The van der Waals surface area contributed by atoms with Gasteiger partial charge >= 0.3 is 5.97 Å². The molecule has 0 fully saturated rings. The topological polar surface area (TPSA) is 37.3 Å². The lowest BCUT2D eigenvalue weighted by atomic mass is 9.94. The summed E-state index contributed by atoms with van der Waals surface area (Å²) in [4.78, 5) is 11.7. The molecule has 0 bridgehead atoms. The Labute approximate surface area is 133 Å². The number of aromatic carboxylic acids is 1. The van der Waals surface area contributed by atoms with Crippen LogP contribution in [0.15, 0.2) is 78.9 Å². The number of rotatable bonds is 2. The van der Waals surface area contributed by atoms with E-state index in [1.807, 2.05) is 66.7 Å². The van der Waals surface area contributed by atoms with Gasteiger partial charge in [-0.25, -0.2) is 4.79 Å². The zero-order chi connectivity index (χ0) is 15.8. The van der Waals surface area contributed by atoms with Gasteiger partial charge in [0.1, 0.15) is 0 Å². The molecule has 0 amide bonds. The first-order valence-electron chi connectivity index (χ1n) is 7.48. The highest BCUT2D eigenvalue weighted by atomic mass is 16.4. The van der Waals surface area contributed by atoms with Crippen LogP contribution < -0.4 is 0 Å². The molecule has 0 atom stereocenters. The van der Waals surface area contributed by atoms with Crippen LogP contribution in [0.2, 0.25) is 0 Å². The molecule has 4 aromatic rings. The van der Waals surface area contributed by atoms with Gasteiger partial charge in [-0.3, -0.25) is 0 Å². The van der Waals surface area contributed by atoms with Crippen molar-refractivity contribution in [1.29, 1.82) is 0 Å². The van der Waals surface area contributed by atoms with Crippen molar-refractivity contribution in [1.82, 2.24) is 0 Å². The van der Waals surface area contributed by atoms with Crippen LogP contribution in [0.4, 0.5) is 0 Å². The summed E-state index contributed by atoms with van der Waals surface area (Å²) in [5.74, 6) is -0.904. The summed E-state index contributed by atoms with van der Waals surface area (Å²) in [5.41, 5.74) is 2.01. The summed E-state index contributed by atoms with van der Waals surface area (Å²) in [5, 5.41) is 13.8. The molecule has 1 N–H and O–H groups in total. The SMILES string of the molecule is O=C(O)c1cc2ccccc2cc1-c1ccc2ccccc2c1. The fourth-order valence-electron chi connectivity index (χ4n) is 3.01. The lowest BCUT2D eigenvalue weighted by molar-refractivity contribution is 0.0698. The molecule has 2 heteroatoms. The van der Waals surface area contributed by atoms with E-state index in [1.54, 1.807) is 6.07 Å². The molecule has 110 valence electrons. The van der Waals surface area contributed by atoms with Gasteiger partial charge in [-0.05, 0) is 50.9 Å². The van der Waals surface area contributed by atoms with Crippen LogP contribution in [-0.2, 0) is 0 Å². The molecule has 0 radical (unpaired) electrons. The Balaban J connectivity index is 2.01. The standard InChI is InChI=1S/C21H14O2/c22-21(23)20-13-17-8-4-3-7-16(17)12-19(20)18-10-9-14-5-1-2-6-15(14)11-18/h1-13H,(H,22,23). The Kier molecular flexibility index (Phi) is 3.09. The number of fused-ring (bicyclic) bond motifs is 2. The van der Waals surface area contributed by atoms with E-state index in [2.05, 4.69) is 6.07 Å². The highest BCUT2D eigenvalue weighted by Crippen LogP contribution is 2.31. The molecule has 0 saturated carbocycles. The van der Waals surface area contributed by atoms with Crippen molar-refractivity contribution in [3.63, 3.8) is 0 Å². The highest BCUT2D eigenvalue weighted by molar-refractivity contribution is 6.03. The van der Waals surface area contributed by atoms with Gasteiger partial charge in [-0.15, -0.1) is 0 Å². The van der Waals surface area contributed by atoms with Crippen LogP contribution in [0.1, 0.15) is 10.4 Å². The molecule has 0 saturated heterocycles. The summed E-state index contributed by atoms with van der Waals surface area (Å²) in [7, 11) is 0. The molecule has 0 aromatic heterocycles. The van der Waals surface area contributed by atoms with Crippen molar-refractivity contribution in [2.45, 2.75) is 0 Å². The molecule has 2 nitrogen and oxygen atoms in total. The first-order valence-corrected chi connectivity index (χ1v) is 7.48. The van der Waals surface area contributed by atoms with Crippen molar-refractivity contribution in [2.75, 3.05) is 0 Å². The maximum atomic E-state index is 11.7. The van der Waals surface area contributed by atoms with Gasteiger partial charge in [0.25, 0.3) is 0 Å².